The molecule has 2 N–H and O–H groups in total. The standard InChI is InChI=1S/C19H24F3N7O/c1-9(2)15-17(30)25-14-10(3)23-18(26-16(14)28(15)4)24-11-7-12(8-11)29-6-5-13(27-29)19(20,21)22/h5-6,9,11-12,15H,7-8H2,1-4H3,(H,25,30)(H,23,24,26)/t11?,12?,15-/m0/s1. The molecule has 1 saturated carbocycles. The van der Waals surface area contributed by atoms with Gasteiger partial charge in [-0.2, -0.15) is 23.3 Å². The van der Waals surface area contributed by atoms with E-state index in [0.29, 0.717) is 36.0 Å². The van der Waals surface area contributed by atoms with Crippen molar-refractivity contribution >= 4 is 23.4 Å². The average Bonchev–Trinajstić information content (AvgIpc) is 3.08. The molecule has 0 unspecified atom stereocenters. The van der Waals surface area contributed by atoms with E-state index in [1.807, 2.05) is 32.7 Å². The summed E-state index contributed by atoms with van der Waals surface area (Å²) in [4.78, 5) is 23.3. The highest BCUT2D eigenvalue weighted by atomic mass is 19.4. The third-order valence-corrected chi connectivity index (χ3v) is 5.69. The molecule has 2 aromatic rings. The van der Waals surface area contributed by atoms with Crippen LogP contribution in [0.4, 0.5) is 30.6 Å². The molecule has 0 bridgehead atoms. The van der Waals surface area contributed by atoms with Crippen LogP contribution in [0.3, 0.4) is 0 Å². The van der Waals surface area contributed by atoms with Gasteiger partial charge >= 0.3 is 6.18 Å². The van der Waals surface area contributed by atoms with E-state index in [2.05, 4.69) is 25.7 Å². The molecule has 2 aliphatic rings. The second kappa shape index (κ2) is 7.13. The van der Waals surface area contributed by atoms with E-state index in [1.54, 1.807) is 0 Å². The Kier molecular flexibility index (Phi) is 4.86. The smallest absolute Gasteiger partial charge is 0.351 e. The molecule has 1 atom stereocenters. The Morgan fingerprint density at radius 3 is 2.57 bits per heavy atom. The van der Waals surface area contributed by atoms with Gasteiger partial charge in [0.15, 0.2) is 11.5 Å². The fourth-order valence-corrected chi connectivity index (χ4v) is 4.08. The number of alkyl halides is 3. The number of hydrogen-bond acceptors (Lipinski definition) is 6. The summed E-state index contributed by atoms with van der Waals surface area (Å²) >= 11 is 0. The number of rotatable bonds is 4. The molecular formula is C19H24F3N7O. The summed E-state index contributed by atoms with van der Waals surface area (Å²) in [6.45, 7) is 5.77. The molecular weight excluding hydrogens is 399 g/mol. The highest BCUT2D eigenvalue weighted by Crippen LogP contribution is 2.37. The van der Waals surface area contributed by atoms with E-state index < -0.39 is 11.9 Å². The lowest BCUT2D eigenvalue weighted by Gasteiger charge is -2.38. The van der Waals surface area contributed by atoms with E-state index >= 15 is 0 Å². The molecule has 0 saturated heterocycles. The summed E-state index contributed by atoms with van der Waals surface area (Å²) in [6, 6.07) is 0.613. The zero-order valence-corrected chi connectivity index (χ0v) is 17.2. The number of amides is 1. The van der Waals surface area contributed by atoms with E-state index in [-0.39, 0.29) is 30.0 Å². The first-order chi connectivity index (χ1) is 14.0. The number of carbonyl (C=O) groups is 1. The number of carbonyl (C=O) groups excluding carboxylic acids is 1. The lowest BCUT2D eigenvalue weighted by atomic mass is 9.87. The van der Waals surface area contributed by atoms with Gasteiger partial charge in [0, 0.05) is 19.3 Å². The van der Waals surface area contributed by atoms with Crippen LogP contribution in [0.15, 0.2) is 12.3 Å². The number of aromatic nitrogens is 4. The van der Waals surface area contributed by atoms with Crippen LogP contribution in [-0.2, 0) is 11.0 Å². The Morgan fingerprint density at radius 1 is 1.27 bits per heavy atom. The van der Waals surface area contributed by atoms with E-state index in [4.69, 9.17) is 0 Å². The maximum absolute atomic E-state index is 12.7. The first kappa shape index (κ1) is 20.4. The van der Waals surface area contributed by atoms with E-state index in [0.717, 1.165) is 6.07 Å². The second-order valence-corrected chi connectivity index (χ2v) is 8.27. The molecule has 1 aliphatic heterocycles. The molecule has 30 heavy (non-hydrogen) atoms. The van der Waals surface area contributed by atoms with Crippen molar-refractivity contribution in [3.05, 3.63) is 23.7 Å². The molecule has 0 aromatic carbocycles. The van der Waals surface area contributed by atoms with Crippen molar-refractivity contribution in [1.29, 1.82) is 0 Å². The van der Waals surface area contributed by atoms with Gasteiger partial charge in [-0.25, -0.2) is 4.98 Å². The minimum atomic E-state index is -4.43. The molecule has 2 aromatic heterocycles. The number of likely N-dealkylation sites (N-methyl/N-ethyl adjacent to an activating group) is 1. The highest BCUT2D eigenvalue weighted by Gasteiger charge is 2.38. The molecule has 1 amide bonds. The molecule has 1 fully saturated rings. The maximum Gasteiger partial charge on any atom is 0.435 e. The van der Waals surface area contributed by atoms with Crippen molar-refractivity contribution in [2.45, 2.75) is 57.9 Å². The normalized spacial score (nSPS) is 23.8. The molecule has 0 spiro atoms. The van der Waals surface area contributed by atoms with Crippen molar-refractivity contribution in [2.24, 2.45) is 5.92 Å². The van der Waals surface area contributed by atoms with Gasteiger partial charge in [-0.05, 0) is 31.7 Å². The number of nitrogens with zero attached hydrogens (tertiary/aromatic N) is 5. The summed E-state index contributed by atoms with van der Waals surface area (Å²) in [5, 5.41) is 9.81. The number of nitrogens with one attached hydrogen (secondary N) is 2. The van der Waals surface area contributed by atoms with Crippen LogP contribution in [0.2, 0.25) is 0 Å². The molecule has 11 heteroatoms. The number of anilines is 3. The summed E-state index contributed by atoms with van der Waals surface area (Å²) in [7, 11) is 1.84. The third kappa shape index (κ3) is 3.56. The zero-order valence-electron chi connectivity index (χ0n) is 17.2. The first-order valence-electron chi connectivity index (χ1n) is 9.85. The van der Waals surface area contributed by atoms with Crippen LogP contribution < -0.4 is 15.5 Å². The topological polar surface area (TPSA) is 88.0 Å². The van der Waals surface area contributed by atoms with Crippen LogP contribution in [0.1, 0.15) is 44.1 Å². The molecule has 162 valence electrons. The van der Waals surface area contributed by atoms with Gasteiger partial charge < -0.3 is 15.5 Å². The van der Waals surface area contributed by atoms with Gasteiger partial charge in [0.25, 0.3) is 0 Å². The van der Waals surface area contributed by atoms with Crippen molar-refractivity contribution < 1.29 is 18.0 Å². The summed E-state index contributed by atoms with van der Waals surface area (Å²) in [6.07, 6.45) is -1.82. The minimum absolute atomic E-state index is 0.0374. The number of hydrogen-bond donors (Lipinski definition) is 2. The zero-order chi connectivity index (χ0) is 21.8. The molecule has 1 aliphatic carbocycles. The lowest BCUT2D eigenvalue weighted by Crippen LogP contribution is -2.50. The van der Waals surface area contributed by atoms with E-state index in [1.165, 1.54) is 10.9 Å². The van der Waals surface area contributed by atoms with Crippen LogP contribution in [-0.4, -0.2) is 44.8 Å². The average molecular weight is 423 g/mol. The van der Waals surface area contributed by atoms with Crippen LogP contribution in [0.5, 0.6) is 0 Å². The van der Waals surface area contributed by atoms with Gasteiger partial charge in [-0.1, -0.05) is 13.8 Å². The number of fused-ring (bicyclic) bond motifs is 1. The van der Waals surface area contributed by atoms with Crippen molar-refractivity contribution in [1.82, 2.24) is 19.7 Å². The maximum atomic E-state index is 12.7. The van der Waals surface area contributed by atoms with Crippen LogP contribution in [0, 0.1) is 12.8 Å². The van der Waals surface area contributed by atoms with E-state index in [9.17, 15) is 18.0 Å². The SMILES string of the molecule is Cc1nc(NC2CC(n3ccc(C(F)(F)F)n3)C2)nc2c1NC(=O)[C@H](C(C)C)N2C. The third-order valence-electron chi connectivity index (χ3n) is 5.69. The lowest BCUT2D eigenvalue weighted by molar-refractivity contribution is -0.141. The van der Waals surface area contributed by atoms with Gasteiger partial charge in [0.05, 0.1) is 11.7 Å². The van der Waals surface area contributed by atoms with Gasteiger partial charge in [0.2, 0.25) is 11.9 Å². The Labute approximate surface area is 171 Å². The minimum Gasteiger partial charge on any atom is -0.351 e. The predicted molar refractivity (Wildman–Crippen MR) is 105 cm³/mol. The highest BCUT2D eigenvalue weighted by molar-refractivity contribution is 6.03. The second-order valence-electron chi connectivity index (χ2n) is 8.27. The fourth-order valence-electron chi connectivity index (χ4n) is 4.08. The van der Waals surface area contributed by atoms with Crippen molar-refractivity contribution in [3.8, 4) is 0 Å². The van der Waals surface area contributed by atoms with Gasteiger partial charge in [-0.15, -0.1) is 0 Å². The molecule has 0 radical (unpaired) electrons. The van der Waals surface area contributed by atoms with Gasteiger partial charge in [0.1, 0.15) is 11.7 Å². The molecule has 8 nitrogen and oxygen atoms in total. The fraction of sp³-hybridized carbons (Fsp3) is 0.579. The van der Waals surface area contributed by atoms with Crippen molar-refractivity contribution in [2.75, 3.05) is 22.6 Å². The Hall–Kier alpha value is -2.85. The monoisotopic (exact) mass is 423 g/mol. The van der Waals surface area contributed by atoms with Gasteiger partial charge in [-0.3, -0.25) is 9.48 Å². The summed E-state index contributed by atoms with van der Waals surface area (Å²) in [5.74, 6) is 1.13. The Morgan fingerprint density at radius 2 is 1.97 bits per heavy atom. The molecule has 3 heterocycles. The van der Waals surface area contributed by atoms with Crippen LogP contribution in [0.25, 0.3) is 0 Å². The number of halogens is 3. The largest absolute Gasteiger partial charge is 0.435 e. The van der Waals surface area contributed by atoms with Crippen molar-refractivity contribution in [3.63, 3.8) is 0 Å². The van der Waals surface area contributed by atoms with Crippen LogP contribution >= 0.6 is 0 Å². The Bertz CT molecular complexity index is 966. The first-order valence-corrected chi connectivity index (χ1v) is 9.85. The predicted octanol–water partition coefficient (Wildman–Crippen LogP) is 3.23. The summed E-state index contributed by atoms with van der Waals surface area (Å²) in [5.41, 5.74) is 0.382. The molecule has 4 rings (SSSR count). The Balaban J connectivity index is 1.45. The quantitative estimate of drug-likeness (QED) is 0.785. The summed E-state index contributed by atoms with van der Waals surface area (Å²) < 4.78 is 39.5. The number of aryl methyl sites for hydroxylation is 1.